The second-order valence-electron chi connectivity index (χ2n) is 8.65. The molecule has 1 amide bonds. The van der Waals surface area contributed by atoms with Gasteiger partial charge in [-0.1, -0.05) is 0 Å². The Morgan fingerprint density at radius 1 is 1.19 bits per heavy atom. The number of amides is 1. The summed E-state index contributed by atoms with van der Waals surface area (Å²) in [6, 6.07) is 4.00. The molecule has 4 rings (SSSR count). The van der Waals surface area contributed by atoms with Crippen LogP contribution in [-0.2, 0) is 9.53 Å². The summed E-state index contributed by atoms with van der Waals surface area (Å²) >= 11 is 0. The van der Waals surface area contributed by atoms with Gasteiger partial charge in [-0.25, -0.2) is 4.98 Å². The third-order valence-corrected chi connectivity index (χ3v) is 6.01. The summed E-state index contributed by atoms with van der Waals surface area (Å²) in [4.78, 5) is 34.1. The van der Waals surface area contributed by atoms with E-state index in [4.69, 9.17) is 20.2 Å². The quantitative estimate of drug-likeness (QED) is 0.740. The lowest BCUT2D eigenvalue weighted by Gasteiger charge is -2.33. The van der Waals surface area contributed by atoms with Crippen LogP contribution < -0.4 is 15.4 Å². The van der Waals surface area contributed by atoms with Crippen LogP contribution in [0.1, 0.15) is 32.6 Å². The van der Waals surface area contributed by atoms with Crippen molar-refractivity contribution in [3.8, 4) is 17.4 Å². The fourth-order valence-electron chi connectivity index (χ4n) is 4.16. The number of nitrogen functional groups attached to an aromatic ring is 1. The molecule has 1 atom stereocenters. The van der Waals surface area contributed by atoms with Crippen molar-refractivity contribution < 1.29 is 14.3 Å². The highest BCUT2D eigenvalue weighted by atomic mass is 16.5. The Kier molecular flexibility index (Phi) is 6.69. The number of carbonyl (C=O) groups excluding carboxylic acids is 1. The fraction of sp³-hybridized carbons (Fsp3) is 0.591. The highest BCUT2D eigenvalue weighted by Crippen LogP contribution is 2.29. The van der Waals surface area contributed by atoms with Crippen molar-refractivity contribution >= 4 is 17.7 Å². The lowest BCUT2D eigenvalue weighted by atomic mass is 9.86. The monoisotopic (exact) mass is 441 g/mol. The summed E-state index contributed by atoms with van der Waals surface area (Å²) in [5, 5.41) is 0. The molecule has 10 nitrogen and oxygen atoms in total. The minimum Gasteiger partial charge on any atom is -0.460 e. The smallest absolute Gasteiger partial charge is 0.322 e. The average molecular weight is 442 g/mol. The number of hydrogen-bond donors (Lipinski definition) is 1. The van der Waals surface area contributed by atoms with Crippen molar-refractivity contribution in [3.63, 3.8) is 0 Å². The second-order valence-corrected chi connectivity index (χ2v) is 8.65. The zero-order chi connectivity index (χ0) is 22.7. The predicted octanol–water partition coefficient (Wildman–Crippen LogP) is 1.77. The number of carbonyl (C=O) groups is 1. The number of nitrogens with two attached hydrogens (primary N) is 1. The van der Waals surface area contributed by atoms with Gasteiger partial charge in [0, 0.05) is 38.3 Å². The standard InChI is InChI=1S/C22H31N7O3/c1-14-13-31-11-10-29(14)21-25-19(16-6-9-18(23)24-12-16)26-22(27-21)32-17-7-4-15(5-8-17)20(30)28(2)3/h6,9,12,14-15,17H,4-5,7-8,10-11,13H2,1-3H3,(H2,23,24). The van der Waals surface area contributed by atoms with E-state index < -0.39 is 0 Å². The van der Waals surface area contributed by atoms with Crippen LogP contribution in [0.2, 0.25) is 0 Å². The van der Waals surface area contributed by atoms with Crippen molar-refractivity contribution in [2.24, 2.45) is 5.92 Å². The summed E-state index contributed by atoms with van der Waals surface area (Å²) < 4.78 is 11.8. The number of nitrogens with zero attached hydrogens (tertiary/aromatic N) is 6. The number of anilines is 2. The van der Waals surface area contributed by atoms with Crippen molar-refractivity contribution in [2.45, 2.75) is 44.8 Å². The summed E-state index contributed by atoms with van der Waals surface area (Å²) in [5.74, 6) is 1.74. The van der Waals surface area contributed by atoms with Crippen LogP contribution in [-0.4, -0.2) is 76.7 Å². The zero-order valence-corrected chi connectivity index (χ0v) is 18.9. The molecular weight excluding hydrogens is 410 g/mol. The van der Waals surface area contributed by atoms with Crippen LogP contribution in [0.25, 0.3) is 11.4 Å². The first-order valence-electron chi connectivity index (χ1n) is 11.1. The van der Waals surface area contributed by atoms with Crippen LogP contribution in [0.3, 0.4) is 0 Å². The van der Waals surface area contributed by atoms with E-state index >= 15 is 0 Å². The number of ether oxygens (including phenoxy) is 2. The van der Waals surface area contributed by atoms with E-state index in [0.29, 0.717) is 43.4 Å². The van der Waals surface area contributed by atoms with Gasteiger partial charge < -0.3 is 25.0 Å². The second kappa shape index (κ2) is 9.64. The molecule has 0 radical (unpaired) electrons. The van der Waals surface area contributed by atoms with Gasteiger partial charge in [-0.05, 0) is 44.7 Å². The third-order valence-electron chi connectivity index (χ3n) is 6.01. The van der Waals surface area contributed by atoms with Crippen molar-refractivity contribution in [2.75, 3.05) is 44.5 Å². The molecule has 2 aliphatic rings. The largest absolute Gasteiger partial charge is 0.460 e. The highest BCUT2D eigenvalue weighted by Gasteiger charge is 2.29. The van der Waals surface area contributed by atoms with Gasteiger partial charge in [0.15, 0.2) is 5.82 Å². The molecular formula is C22H31N7O3. The zero-order valence-electron chi connectivity index (χ0n) is 18.9. The molecule has 2 aromatic heterocycles. The molecule has 1 unspecified atom stereocenters. The summed E-state index contributed by atoms with van der Waals surface area (Å²) in [6.45, 7) is 4.01. The first-order chi connectivity index (χ1) is 15.4. The first kappa shape index (κ1) is 22.2. The topological polar surface area (TPSA) is 120 Å². The van der Waals surface area contributed by atoms with Gasteiger partial charge in [0.2, 0.25) is 11.9 Å². The van der Waals surface area contributed by atoms with Gasteiger partial charge in [0.05, 0.1) is 19.3 Å². The summed E-state index contributed by atoms with van der Waals surface area (Å²) in [7, 11) is 3.61. The van der Waals surface area contributed by atoms with E-state index in [-0.39, 0.29) is 24.0 Å². The highest BCUT2D eigenvalue weighted by molar-refractivity contribution is 5.78. The van der Waals surface area contributed by atoms with E-state index in [1.54, 1.807) is 31.3 Å². The SMILES string of the molecule is CC1COCCN1c1nc(OC2CCC(C(=O)N(C)C)CC2)nc(-c2ccc(N)nc2)n1. The third kappa shape index (κ3) is 5.07. The maximum absolute atomic E-state index is 12.3. The van der Waals surface area contributed by atoms with Gasteiger partial charge in [-0.2, -0.15) is 15.0 Å². The van der Waals surface area contributed by atoms with E-state index in [1.165, 1.54) is 0 Å². The minimum absolute atomic E-state index is 0.0315. The maximum Gasteiger partial charge on any atom is 0.322 e. The van der Waals surface area contributed by atoms with Crippen molar-refractivity contribution in [3.05, 3.63) is 18.3 Å². The van der Waals surface area contributed by atoms with Crippen LogP contribution in [0, 0.1) is 5.92 Å². The Balaban J connectivity index is 1.55. The molecule has 32 heavy (non-hydrogen) atoms. The Morgan fingerprint density at radius 2 is 1.97 bits per heavy atom. The normalized spacial score (nSPS) is 23.6. The average Bonchev–Trinajstić information content (AvgIpc) is 2.79. The Labute approximate surface area is 188 Å². The van der Waals surface area contributed by atoms with E-state index in [1.807, 2.05) is 6.07 Å². The van der Waals surface area contributed by atoms with Crippen LogP contribution in [0.15, 0.2) is 18.3 Å². The van der Waals surface area contributed by atoms with Crippen LogP contribution in [0.5, 0.6) is 6.01 Å². The number of hydrogen-bond acceptors (Lipinski definition) is 9. The first-order valence-corrected chi connectivity index (χ1v) is 11.1. The fourth-order valence-corrected chi connectivity index (χ4v) is 4.16. The predicted molar refractivity (Wildman–Crippen MR) is 120 cm³/mol. The van der Waals surface area contributed by atoms with E-state index in [0.717, 1.165) is 31.2 Å². The lowest BCUT2D eigenvalue weighted by molar-refractivity contribution is -0.134. The van der Waals surface area contributed by atoms with Gasteiger partial charge in [0.25, 0.3) is 0 Å². The summed E-state index contributed by atoms with van der Waals surface area (Å²) in [5.41, 5.74) is 6.48. The number of rotatable bonds is 5. The van der Waals surface area contributed by atoms with Crippen molar-refractivity contribution in [1.29, 1.82) is 0 Å². The Morgan fingerprint density at radius 3 is 2.62 bits per heavy atom. The molecule has 2 fully saturated rings. The molecule has 3 heterocycles. The lowest BCUT2D eigenvalue weighted by Crippen LogP contribution is -2.44. The van der Waals surface area contributed by atoms with Crippen LogP contribution in [0.4, 0.5) is 11.8 Å². The summed E-state index contributed by atoms with van der Waals surface area (Å²) in [6.07, 6.45) is 4.80. The number of pyridine rings is 1. The van der Waals surface area contributed by atoms with Crippen molar-refractivity contribution in [1.82, 2.24) is 24.8 Å². The molecule has 1 aliphatic carbocycles. The van der Waals surface area contributed by atoms with Gasteiger partial charge in [0.1, 0.15) is 11.9 Å². The number of aromatic nitrogens is 4. The number of morpholine rings is 1. The van der Waals surface area contributed by atoms with Gasteiger partial charge in [-0.15, -0.1) is 0 Å². The molecule has 0 spiro atoms. The molecule has 1 aliphatic heterocycles. The molecule has 1 saturated heterocycles. The Hall–Kier alpha value is -3.01. The molecule has 2 aromatic rings. The minimum atomic E-state index is -0.0315. The molecule has 172 valence electrons. The van der Waals surface area contributed by atoms with E-state index in [9.17, 15) is 4.79 Å². The molecule has 2 N–H and O–H groups in total. The molecule has 10 heteroatoms. The van der Waals surface area contributed by atoms with E-state index in [2.05, 4.69) is 26.8 Å². The van der Waals surface area contributed by atoms with Gasteiger partial charge in [-0.3, -0.25) is 4.79 Å². The molecule has 1 saturated carbocycles. The maximum atomic E-state index is 12.3. The Bertz CT molecular complexity index is 930. The molecule has 0 aromatic carbocycles. The van der Waals surface area contributed by atoms with Crippen LogP contribution >= 0.6 is 0 Å². The van der Waals surface area contributed by atoms with Gasteiger partial charge >= 0.3 is 6.01 Å². The molecule has 0 bridgehead atoms.